The first-order valence-corrected chi connectivity index (χ1v) is 9.30. The Hall–Kier alpha value is -0.830. The highest BCUT2D eigenvalue weighted by Crippen LogP contribution is 2.72. The zero-order valence-corrected chi connectivity index (χ0v) is 14.5. The van der Waals surface area contributed by atoms with Gasteiger partial charge in [-0.05, 0) is 86.5 Å². The molecule has 3 heteroatoms. The van der Waals surface area contributed by atoms with Crippen molar-refractivity contribution in [3.63, 3.8) is 0 Å². The van der Waals surface area contributed by atoms with Crippen molar-refractivity contribution in [2.75, 3.05) is 0 Å². The van der Waals surface area contributed by atoms with Gasteiger partial charge in [0.25, 0.3) is 0 Å². The van der Waals surface area contributed by atoms with E-state index in [4.69, 9.17) is 0 Å². The van der Waals surface area contributed by atoms with Gasteiger partial charge in [0.1, 0.15) is 0 Å². The Morgan fingerprint density at radius 2 is 1.83 bits per heavy atom. The highest BCUT2D eigenvalue weighted by molar-refractivity contribution is 5.75. The molecule has 4 rings (SSSR count). The second-order valence-electron chi connectivity index (χ2n) is 9.62. The predicted molar refractivity (Wildman–Crippen MR) is 88.9 cm³/mol. The highest BCUT2D eigenvalue weighted by Gasteiger charge is 2.67. The van der Waals surface area contributed by atoms with Gasteiger partial charge in [-0.2, -0.15) is 0 Å². The molecule has 4 aliphatic carbocycles. The SMILES string of the molecule is C=C1C[C@@]23CC[C@@H]4[C@@](C)(CCC[C@@]4(C)C(=O)O)[C@@H]2CC[C@]1(O)C3. The lowest BCUT2D eigenvalue weighted by atomic mass is 9.41. The van der Waals surface area contributed by atoms with Crippen LogP contribution in [0.5, 0.6) is 0 Å². The number of carboxylic acid groups (broad SMARTS) is 1. The van der Waals surface area contributed by atoms with Crippen molar-refractivity contribution in [3.8, 4) is 0 Å². The summed E-state index contributed by atoms with van der Waals surface area (Å²) in [5.74, 6) is 0.219. The molecule has 0 aromatic heterocycles. The van der Waals surface area contributed by atoms with Crippen LogP contribution in [0.25, 0.3) is 0 Å². The Morgan fingerprint density at radius 1 is 1.13 bits per heavy atom. The van der Waals surface area contributed by atoms with Crippen LogP contribution in [-0.2, 0) is 4.79 Å². The minimum Gasteiger partial charge on any atom is -0.481 e. The van der Waals surface area contributed by atoms with Crippen molar-refractivity contribution >= 4 is 5.97 Å². The summed E-state index contributed by atoms with van der Waals surface area (Å²) in [4.78, 5) is 12.0. The van der Waals surface area contributed by atoms with Crippen LogP contribution < -0.4 is 0 Å². The van der Waals surface area contributed by atoms with Gasteiger partial charge in [0.2, 0.25) is 0 Å². The van der Waals surface area contributed by atoms with Gasteiger partial charge in [-0.15, -0.1) is 0 Å². The minimum atomic E-state index is -0.634. The first-order chi connectivity index (χ1) is 10.7. The van der Waals surface area contributed by atoms with E-state index in [0.29, 0.717) is 5.92 Å². The van der Waals surface area contributed by atoms with Crippen LogP contribution in [0.3, 0.4) is 0 Å². The molecule has 4 fully saturated rings. The molecule has 2 N–H and O–H groups in total. The maximum atomic E-state index is 12.0. The third kappa shape index (κ3) is 1.78. The van der Waals surface area contributed by atoms with Crippen molar-refractivity contribution < 1.29 is 15.0 Å². The Kier molecular flexibility index (Phi) is 3.01. The van der Waals surface area contributed by atoms with E-state index in [2.05, 4.69) is 13.5 Å². The molecule has 4 aliphatic rings. The quantitative estimate of drug-likeness (QED) is 0.714. The molecular weight excluding hydrogens is 288 g/mol. The molecule has 3 nitrogen and oxygen atoms in total. The topological polar surface area (TPSA) is 57.5 Å². The number of carbonyl (C=O) groups is 1. The zero-order valence-electron chi connectivity index (χ0n) is 14.5. The van der Waals surface area contributed by atoms with E-state index < -0.39 is 17.0 Å². The lowest BCUT2D eigenvalue weighted by molar-refractivity contribution is -0.186. The maximum absolute atomic E-state index is 12.0. The van der Waals surface area contributed by atoms with Crippen LogP contribution in [0.1, 0.15) is 71.6 Å². The number of rotatable bonds is 1. The van der Waals surface area contributed by atoms with Crippen LogP contribution in [0.4, 0.5) is 0 Å². The van der Waals surface area contributed by atoms with Crippen LogP contribution in [0.2, 0.25) is 0 Å². The van der Waals surface area contributed by atoms with E-state index in [1.165, 1.54) is 0 Å². The van der Waals surface area contributed by atoms with Crippen LogP contribution >= 0.6 is 0 Å². The van der Waals surface area contributed by atoms with E-state index in [0.717, 1.165) is 63.4 Å². The first kappa shape index (κ1) is 15.7. The van der Waals surface area contributed by atoms with Crippen LogP contribution in [0, 0.1) is 28.1 Å². The molecule has 0 aromatic rings. The van der Waals surface area contributed by atoms with E-state index in [-0.39, 0.29) is 16.7 Å². The van der Waals surface area contributed by atoms with Gasteiger partial charge in [-0.3, -0.25) is 4.79 Å². The molecule has 0 unspecified atom stereocenters. The summed E-state index contributed by atoms with van der Waals surface area (Å²) in [6.45, 7) is 8.55. The molecule has 4 saturated carbocycles. The number of fused-ring (bicyclic) bond motifs is 3. The summed E-state index contributed by atoms with van der Waals surface area (Å²) in [6, 6.07) is 0. The first-order valence-electron chi connectivity index (χ1n) is 9.30. The van der Waals surface area contributed by atoms with Crippen molar-refractivity contribution in [3.05, 3.63) is 12.2 Å². The molecule has 0 radical (unpaired) electrons. The molecule has 2 bridgehead atoms. The maximum Gasteiger partial charge on any atom is 0.309 e. The Balaban J connectivity index is 1.76. The molecule has 0 amide bonds. The van der Waals surface area contributed by atoms with Crippen LogP contribution in [-0.4, -0.2) is 21.8 Å². The van der Waals surface area contributed by atoms with Crippen LogP contribution in [0.15, 0.2) is 12.2 Å². The summed E-state index contributed by atoms with van der Waals surface area (Å²) < 4.78 is 0. The molecule has 6 atom stereocenters. The van der Waals surface area contributed by atoms with Crippen molar-refractivity contribution in [1.82, 2.24) is 0 Å². The zero-order chi connectivity index (χ0) is 16.7. The molecule has 1 spiro atoms. The van der Waals surface area contributed by atoms with Gasteiger partial charge in [0.15, 0.2) is 0 Å². The lowest BCUT2D eigenvalue weighted by Crippen LogP contribution is -2.59. The Morgan fingerprint density at radius 3 is 2.52 bits per heavy atom. The summed E-state index contributed by atoms with van der Waals surface area (Å²) in [7, 11) is 0. The number of carboxylic acids is 1. The smallest absolute Gasteiger partial charge is 0.309 e. The third-order valence-corrected chi connectivity index (χ3v) is 8.65. The number of hydrogen-bond donors (Lipinski definition) is 2. The van der Waals surface area contributed by atoms with E-state index >= 15 is 0 Å². The average Bonchev–Trinajstić information content (AvgIpc) is 2.63. The summed E-state index contributed by atoms with van der Waals surface area (Å²) in [6.07, 6.45) is 8.75. The van der Waals surface area contributed by atoms with Gasteiger partial charge in [-0.1, -0.05) is 19.9 Å². The fraction of sp³-hybridized carbons (Fsp3) is 0.850. The molecule has 128 valence electrons. The molecule has 0 aliphatic heterocycles. The van der Waals surface area contributed by atoms with Gasteiger partial charge in [0.05, 0.1) is 11.0 Å². The predicted octanol–water partition coefficient (Wildman–Crippen LogP) is 4.16. The van der Waals surface area contributed by atoms with Crippen molar-refractivity contribution in [2.24, 2.45) is 28.1 Å². The normalized spacial score (nSPS) is 55.2. The monoisotopic (exact) mass is 318 g/mol. The fourth-order valence-electron chi connectivity index (χ4n) is 7.61. The average molecular weight is 318 g/mol. The van der Waals surface area contributed by atoms with Gasteiger partial charge in [0, 0.05) is 0 Å². The van der Waals surface area contributed by atoms with Crippen molar-refractivity contribution in [2.45, 2.75) is 77.2 Å². The molecule has 0 heterocycles. The second-order valence-corrected chi connectivity index (χ2v) is 9.62. The summed E-state index contributed by atoms with van der Waals surface area (Å²) in [5, 5.41) is 20.8. The van der Waals surface area contributed by atoms with Gasteiger partial charge in [-0.25, -0.2) is 0 Å². The van der Waals surface area contributed by atoms with Gasteiger partial charge < -0.3 is 10.2 Å². The fourth-order valence-corrected chi connectivity index (χ4v) is 7.61. The second kappa shape index (κ2) is 4.41. The standard InChI is InChI=1S/C20H30O3/c1-13-11-19-9-5-14-17(2,7-4-8-18(14,3)16(21)22)15(19)6-10-20(13,23)12-19/h14-15,23H,1,4-12H2,2-3H3,(H,21,22)/t14-,15+,17-,18-,19-,20+/m1/s1. The Labute approximate surface area is 139 Å². The molecule has 23 heavy (non-hydrogen) atoms. The van der Waals surface area contributed by atoms with Crippen molar-refractivity contribution in [1.29, 1.82) is 0 Å². The third-order valence-electron chi connectivity index (χ3n) is 8.65. The number of hydrogen-bond acceptors (Lipinski definition) is 2. The van der Waals surface area contributed by atoms with E-state index in [9.17, 15) is 15.0 Å². The summed E-state index contributed by atoms with van der Waals surface area (Å²) in [5.41, 5.74) is 0.128. The minimum absolute atomic E-state index is 0.107. The van der Waals surface area contributed by atoms with E-state index in [1.807, 2.05) is 6.92 Å². The lowest BCUT2D eigenvalue weighted by Gasteiger charge is -2.63. The van der Waals surface area contributed by atoms with E-state index in [1.54, 1.807) is 0 Å². The molecular formula is C20H30O3. The number of aliphatic carboxylic acids is 1. The Bertz CT molecular complexity index is 583. The highest BCUT2D eigenvalue weighted by atomic mass is 16.4. The number of aliphatic hydroxyl groups is 1. The molecule has 0 aromatic carbocycles. The largest absolute Gasteiger partial charge is 0.481 e. The summed E-state index contributed by atoms with van der Waals surface area (Å²) >= 11 is 0. The van der Waals surface area contributed by atoms with Gasteiger partial charge >= 0.3 is 5.97 Å². The molecule has 0 saturated heterocycles.